The average Bonchev–Trinajstić information content (AvgIpc) is 2.95. The van der Waals surface area contributed by atoms with Crippen LogP contribution in [0.1, 0.15) is 40.0 Å². The Morgan fingerprint density at radius 1 is 0.917 bits per heavy atom. The van der Waals surface area contributed by atoms with Crippen molar-refractivity contribution < 1.29 is 0 Å². The van der Waals surface area contributed by atoms with Crippen molar-refractivity contribution in [2.24, 2.45) is 0 Å². The molecule has 0 aromatic heterocycles. The molecule has 12 heavy (non-hydrogen) atoms. The molecule has 0 radical (unpaired) electrons. The molecule has 0 N–H and O–H groups in total. The Kier molecular flexibility index (Phi) is 19.1. The van der Waals surface area contributed by atoms with Crippen molar-refractivity contribution in [3.05, 3.63) is 37.0 Å². The highest BCUT2D eigenvalue weighted by Gasteiger charge is 1.95. The van der Waals surface area contributed by atoms with E-state index in [9.17, 15) is 0 Å². The van der Waals surface area contributed by atoms with Crippen molar-refractivity contribution in [2.45, 2.75) is 40.0 Å². The van der Waals surface area contributed by atoms with Crippen LogP contribution in [0.15, 0.2) is 37.0 Å². The first-order valence-electron chi connectivity index (χ1n) is 4.82. The molecule has 0 spiro atoms. The van der Waals surface area contributed by atoms with Gasteiger partial charge in [-0.2, -0.15) is 0 Å². The first-order chi connectivity index (χ1) is 5.91. The number of allylic oxidation sites excluding steroid dienone is 5. The quantitative estimate of drug-likeness (QED) is 0.530. The number of hydrogen-bond donors (Lipinski definition) is 0. The van der Waals surface area contributed by atoms with Crippen LogP contribution in [-0.4, -0.2) is 0 Å². The van der Waals surface area contributed by atoms with Gasteiger partial charge in [-0.15, -0.1) is 0 Å². The maximum absolute atomic E-state index is 3.51. The minimum absolute atomic E-state index is 1.50. The molecule has 0 bridgehead atoms. The van der Waals surface area contributed by atoms with Crippen molar-refractivity contribution in [2.75, 3.05) is 0 Å². The number of rotatable bonds is 2. The van der Waals surface area contributed by atoms with E-state index >= 15 is 0 Å². The minimum Gasteiger partial charge on any atom is -0.0991 e. The van der Waals surface area contributed by atoms with Crippen LogP contribution >= 0.6 is 0 Å². The first-order valence-corrected chi connectivity index (χ1v) is 4.82. The fourth-order valence-corrected chi connectivity index (χ4v) is 0.254. The monoisotopic (exact) mass is 166 g/mol. The molecule has 1 aliphatic rings. The van der Waals surface area contributed by atoms with E-state index < -0.39 is 0 Å². The van der Waals surface area contributed by atoms with Crippen molar-refractivity contribution in [1.82, 2.24) is 0 Å². The van der Waals surface area contributed by atoms with Crippen molar-refractivity contribution in [1.29, 1.82) is 0 Å². The molecule has 0 amide bonds. The maximum Gasteiger partial charge on any atom is -0.0467 e. The Bertz CT molecular complexity index is 113. The summed E-state index contributed by atoms with van der Waals surface area (Å²) < 4.78 is 0. The topological polar surface area (TPSA) is 0 Å². The molecule has 1 rings (SSSR count). The van der Waals surface area contributed by atoms with Gasteiger partial charge >= 0.3 is 0 Å². The van der Waals surface area contributed by atoms with Crippen LogP contribution in [0.5, 0.6) is 0 Å². The third kappa shape index (κ3) is 35.0. The zero-order valence-electron chi connectivity index (χ0n) is 8.72. The second kappa shape index (κ2) is 16.7. The van der Waals surface area contributed by atoms with Gasteiger partial charge in [0.2, 0.25) is 0 Å². The third-order valence-corrected chi connectivity index (χ3v) is 0.904. The Labute approximate surface area is 77.7 Å². The summed E-state index contributed by atoms with van der Waals surface area (Å²) in [4.78, 5) is 0. The van der Waals surface area contributed by atoms with Gasteiger partial charge < -0.3 is 0 Å². The smallest absolute Gasteiger partial charge is 0.0467 e. The summed E-state index contributed by atoms with van der Waals surface area (Å²) in [5.41, 5.74) is 0. The standard InChI is InChI=1S/C7H10.C3H6.C2H6/c1-3-5-7-6-4-2;1-2-3-1;1-2/h3-7H,1H2,2H3;1-3H2;1-2H3/b6-4-,7-5-;;. The third-order valence-electron chi connectivity index (χ3n) is 0.904. The summed E-state index contributed by atoms with van der Waals surface area (Å²) in [6, 6.07) is 0. The van der Waals surface area contributed by atoms with Gasteiger partial charge in [-0.05, 0) is 6.92 Å². The first kappa shape index (κ1) is 13.8. The highest BCUT2D eigenvalue weighted by atomic mass is 14.0. The van der Waals surface area contributed by atoms with Crippen LogP contribution in [0, 0.1) is 0 Å². The molecule has 1 saturated carbocycles. The Hall–Kier alpha value is -0.780. The molecule has 0 aromatic carbocycles. The van der Waals surface area contributed by atoms with Crippen LogP contribution < -0.4 is 0 Å². The highest BCUT2D eigenvalue weighted by molar-refractivity contribution is 5.07. The van der Waals surface area contributed by atoms with Gasteiger partial charge in [0.15, 0.2) is 0 Å². The van der Waals surface area contributed by atoms with E-state index in [1.54, 1.807) is 6.08 Å². The van der Waals surface area contributed by atoms with Crippen LogP contribution in [0.2, 0.25) is 0 Å². The summed E-state index contributed by atoms with van der Waals surface area (Å²) >= 11 is 0. The second-order valence-electron chi connectivity index (χ2n) is 2.21. The van der Waals surface area contributed by atoms with Crippen molar-refractivity contribution in [3.8, 4) is 0 Å². The summed E-state index contributed by atoms with van der Waals surface area (Å²) in [6.45, 7) is 9.49. The summed E-state index contributed by atoms with van der Waals surface area (Å²) in [6.07, 6.45) is 14.0. The molecule has 0 unspecified atom stereocenters. The molecular formula is C12H22. The zero-order valence-corrected chi connectivity index (χ0v) is 8.72. The van der Waals surface area contributed by atoms with Gasteiger partial charge in [-0.25, -0.2) is 0 Å². The maximum atomic E-state index is 3.51. The van der Waals surface area contributed by atoms with Gasteiger partial charge in [0.05, 0.1) is 0 Å². The molecule has 1 fully saturated rings. The highest BCUT2D eigenvalue weighted by Crippen LogP contribution is 2.14. The van der Waals surface area contributed by atoms with Crippen molar-refractivity contribution >= 4 is 0 Å². The van der Waals surface area contributed by atoms with Gasteiger partial charge in [0.1, 0.15) is 0 Å². The van der Waals surface area contributed by atoms with Gasteiger partial charge in [0, 0.05) is 0 Å². The van der Waals surface area contributed by atoms with E-state index in [4.69, 9.17) is 0 Å². The van der Waals surface area contributed by atoms with Crippen LogP contribution in [0.25, 0.3) is 0 Å². The van der Waals surface area contributed by atoms with Crippen LogP contribution in [0.4, 0.5) is 0 Å². The Morgan fingerprint density at radius 3 is 1.67 bits per heavy atom. The number of hydrogen-bond acceptors (Lipinski definition) is 0. The fourth-order valence-electron chi connectivity index (χ4n) is 0.254. The van der Waals surface area contributed by atoms with E-state index in [2.05, 4.69) is 6.58 Å². The van der Waals surface area contributed by atoms with Crippen molar-refractivity contribution in [3.63, 3.8) is 0 Å². The summed E-state index contributed by atoms with van der Waals surface area (Å²) in [5.74, 6) is 0. The lowest BCUT2D eigenvalue weighted by atomic mass is 10.4. The molecule has 1 aliphatic carbocycles. The molecule has 0 aliphatic heterocycles. The molecule has 0 aromatic rings. The van der Waals surface area contributed by atoms with E-state index in [1.165, 1.54) is 19.3 Å². The van der Waals surface area contributed by atoms with Gasteiger partial charge in [0.25, 0.3) is 0 Å². The molecule has 0 heteroatoms. The SMILES string of the molecule is C1CC1.C=C/C=C\C=C/C.CC. The van der Waals surface area contributed by atoms with E-state index in [-0.39, 0.29) is 0 Å². The second-order valence-corrected chi connectivity index (χ2v) is 2.21. The minimum atomic E-state index is 1.50. The predicted molar refractivity (Wildman–Crippen MR) is 59.4 cm³/mol. The summed E-state index contributed by atoms with van der Waals surface area (Å²) in [5, 5.41) is 0. The predicted octanol–water partition coefficient (Wildman–Crippen LogP) is 4.50. The lowest BCUT2D eigenvalue weighted by Crippen LogP contribution is -1.43. The Morgan fingerprint density at radius 2 is 1.42 bits per heavy atom. The van der Waals surface area contributed by atoms with E-state index in [0.717, 1.165) is 0 Å². The average molecular weight is 166 g/mol. The molecule has 0 heterocycles. The lowest BCUT2D eigenvalue weighted by Gasteiger charge is -1.65. The molecular weight excluding hydrogens is 144 g/mol. The van der Waals surface area contributed by atoms with E-state index in [1.807, 2.05) is 45.1 Å². The van der Waals surface area contributed by atoms with Crippen LogP contribution in [0.3, 0.4) is 0 Å². The van der Waals surface area contributed by atoms with Gasteiger partial charge in [-0.3, -0.25) is 0 Å². The molecule has 0 nitrogen and oxygen atoms in total. The summed E-state index contributed by atoms with van der Waals surface area (Å²) in [7, 11) is 0. The normalized spacial score (nSPS) is 12.9. The largest absolute Gasteiger partial charge is 0.0991 e. The molecule has 70 valence electrons. The van der Waals surface area contributed by atoms with Gasteiger partial charge in [-0.1, -0.05) is 70.1 Å². The zero-order chi connectivity index (χ0) is 9.66. The molecule has 0 atom stereocenters. The molecule has 0 saturated heterocycles. The lowest BCUT2D eigenvalue weighted by molar-refractivity contribution is 1.50. The van der Waals surface area contributed by atoms with Crippen LogP contribution in [-0.2, 0) is 0 Å². The van der Waals surface area contributed by atoms with E-state index in [0.29, 0.717) is 0 Å². The Balaban J connectivity index is 0. The fraction of sp³-hybridized carbons (Fsp3) is 0.500.